The quantitative estimate of drug-likeness (QED) is 0.773. The van der Waals surface area contributed by atoms with E-state index in [9.17, 15) is 8.42 Å². The number of nitriles is 1. The molecule has 1 unspecified atom stereocenters. The molecule has 0 aromatic carbocycles. The van der Waals surface area contributed by atoms with Gasteiger partial charge in [-0.15, -0.1) is 0 Å². The highest BCUT2D eigenvalue weighted by molar-refractivity contribution is 9.10. The SMILES string of the molecule is N#CC1CCN(S(=O)(=O)c2cccc(Br)n2)C1. The lowest BCUT2D eigenvalue weighted by molar-refractivity contribution is 0.468. The lowest BCUT2D eigenvalue weighted by Crippen LogP contribution is -2.29. The average Bonchev–Trinajstić information content (AvgIpc) is 2.78. The van der Waals surface area contributed by atoms with Gasteiger partial charge >= 0.3 is 0 Å². The van der Waals surface area contributed by atoms with Crippen molar-refractivity contribution < 1.29 is 8.42 Å². The minimum absolute atomic E-state index is 0.0189. The Kier molecular flexibility index (Phi) is 3.47. The molecule has 17 heavy (non-hydrogen) atoms. The molecule has 0 bridgehead atoms. The maximum Gasteiger partial charge on any atom is 0.260 e. The topological polar surface area (TPSA) is 74.1 Å². The smallest absolute Gasteiger partial charge is 0.228 e. The summed E-state index contributed by atoms with van der Waals surface area (Å²) in [7, 11) is -3.56. The van der Waals surface area contributed by atoms with Crippen molar-refractivity contribution in [3.8, 4) is 6.07 Å². The summed E-state index contributed by atoms with van der Waals surface area (Å²) in [6, 6.07) is 6.85. The minimum atomic E-state index is -3.56. The van der Waals surface area contributed by atoms with Crippen molar-refractivity contribution in [1.29, 1.82) is 5.26 Å². The Morgan fingerprint density at radius 2 is 2.29 bits per heavy atom. The van der Waals surface area contributed by atoms with Crippen LogP contribution in [0.25, 0.3) is 0 Å². The first-order valence-electron chi connectivity index (χ1n) is 5.06. The van der Waals surface area contributed by atoms with E-state index < -0.39 is 10.0 Å². The number of halogens is 1. The third kappa shape index (κ3) is 2.49. The summed E-state index contributed by atoms with van der Waals surface area (Å²) in [6.07, 6.45) is 0.587. The summed E-state index contributed by atoms with van der Waals surface area (Å²) in [6.45, 7) is 0.641. The number of aromatic nitrogens is 1. The molecule has 1 fully saturated rings. The molecule has 1 saturated heterocycles. The molecular formula is C10H10BrN3O2S. The highest BCUT2D eigenvalue weighted by Gasteiger charge is 2.33. The molecule has 0 N–H and O–H groups in total. The summed E-state index contributed by atoms with van der Waals surface area (Å²) in [4.78, 5) is 3.94. The second-order valence-corrected chi connectivity index (χ2v) is 6.47. The molecule has 0 aliphatic carbocycles. The van der Waals surface area contributed by atoms with E-state index in [2.05, 4.69) is 27.0 Å². The summed E-state index contributed by atoms with van der Waals surface area (Å²) < 4.78 is 26.2. The molecule has 1 aliphatic heterocycles. The van der Waals surface area contributed by atoms with Crippen LogP contribution in [0.1, 0.15) is 6.42 Å². The molecule has 1 aromatic heterocycles. The molecule has 1 aliphatic rings. The van der Waals surface area contributed by atoms with Crippen molar-refractivity contribution in [2.24, 2.45) is 5.92 Å². The zero-order chi connectivity index (χ0) is 12.5. The molecule has 0 spiro atoms. The number of nitrogens with zero attached hydrogens (tertiary/aromatic N) is 3. The Balaban J connectivity index is 2.29. The van der Waals surface area contributed by atoms with Crippen LogP contribution in [-0.2, 0) is 10.0 Å². The normalized spacial score (nSPS) is 21.3. The standard InChI is InChI=1S/C10H10BrN3O2S/c11-9-2-1-3-10(13-9)17(15,16)14-5-4-8(6-12)7-14/h1-3,8H,4-5,7H2. The van der Waals surface area contributed by atoms with E-state index in [0.29, 0.717) is 17.6 Å². The fraction of sp³-hybridized carbons (Fsp3) is 0.400. The van der Waals surface area contributed by atoms with Crippen LogP contribution < -0.4 is 0 Å². The van der Waals surface area contributed by atoms with Crippen LogP contribution in [0, 0.1) is 17.2 Å². The maximum absolute atomic E-state index is 12.2. The van der Waals surface area contributed by atoms with Crippen LogP contribution in [-0.4, -0.2) is 30.8 Å². The summed E-state index contributed by atoms with van der Waals surface area (Å²) in [5.41, 5.74) is 0. The molecular weight excluding hydrogens is 306 g/mol. The van der Waals surface area contributed by atoms with Gasteiger partial charge in [0.1, 0.15) is 4.60 Å². The molecule has 7 heteroatoms. The van der Waals surface area contributed by atoms with Crippen LogP contribution in [0.4, 0.5) is 0 Å². The largest absolute Gasteiger partial charge is 0.260 e. The number of rotatable bonds is 2. The van der Waals surface area contributed by atoms with Gasteiger partial charge in [0, 0.05) is 13.1 Å². The minimum Gasteiger partial charge on any atom is -0.228 e. The first kappa shape index (κ1) is 12.5. The molecule has 0 saturated carbocycles. The van der Waals surface area contributed by atoms with Gasteiger partial charge in [0.15, 0.2) is 5.03 Å². The fourth-order valence-electron chi connectivity index (χ4n) is 1.72. The van der Waals surface area contributed by atoms with Crippen molar-refractivity contribution in [2.45, 2.75) is 11.4 Å². The Bertz CT molecular complexity index is 567. The van der Waals surface area contributed by atoms with Crippen LogP contribution in [0.15, 0.2) is 27.8 Å². The van der Waals surface area contributed by atoms with E-state index in [0.717, 1.165) is 0 Å². The highest BCUT2D eigenvalue weighted by atomic mass is 79.9. The van der Waals surface area contributed by atoms with Crippen molar-refractivity contribution in [3.63, 3.8) is 0 Å². The van der Waals surface area contributed by atoms with Crippen LogP contribution in [0.2, 0.25) is 0 Å². The Hall–Kier alpha value is -0.970. The van der Waals surface area contributed by atoms with Gasteiger partial charge in [0.05, 0.1) is 12.0 Å². The van der Waals surface area contributed by atoms with Crippen molar-refractivity contribution in [2.75, 3.05) is 13.1 Å². The van der Waals surface area contributed by atoms with Gasteiger partial charge in [0.25, 0.3) is 10.0 Å². The Morgan fingerprint density at radius 1 is 1.53 bits per heavy atom. The molecule has 0 radical (unpaired) electrons. The third-order valence-electron chi connectivity index (χ3n) is 2.63. The Morgan fingerprint density at radius 3 is 2.88 bits per heavy atom. The van der Waals surface area contributed by atoms with E-state index in [1.54, 1.807) is 12.1 Å². The molecule has 0 amide bonds. The average molecular weight is 316 g/mol. The van der Waals surface area contributed by atoms with E-state index >= 15 is 0 Å². The van der Waals surface area contributed by atoms with Gasteiger partial charge in [-0.3, -0.25) is 0 Å². The molecule has 90 valence electrons. The first-order valence-corrected chi connectivity index (χ1v) is 7.29. The van der Waals surface area contributed by atoms with Crippen molar-refractivity contribution in [3.05, 3.63) is 22.8 Å². The van der Waals surface area contributed by atoms with E-state index in [4.69, 9.17) is 5.26 Å². The molecule has 5 nitrogen and oxygen atoms in total. The number of hydrogen-bond acceptors (Lipinski definition) is 4. The van der Waals surface area contributed by atoms with Crippen LogP contribution >= 0.6 is 15.9 Å². The highest BCUT2D eigenvalue weighted by Crippen LogP contribution is 2.23. The predicted molar refractivity (Wildman–Crippen MR) is 64.4 cm³/mol. The molecule has 1 atom stereocenters. The summed E-state index contributed by atoms with van der Waals surface area (Å²) in [5, 5.41) is 8.79. The summed E-state index contributed by atoms with van der Waals surface area (Å²) >= 11 is 3.14. The molecule has 2 heterocycles. The zero-order valence-corrected chi connectivity index (χ0v) is 11.3. The van der Waals surface area contributed by atoms with Crippen molar-refractivity contribution >= 4 is 26.0 Å². The fourth-order valence-corrected chi connectivity index (χ4v) is 3.63. The lowest BCUT2D eigenvalue weighted by atomic mass is 10.1. The first-order chi connectivity index (χ1) is 8.04. The van der Waals surface area contributed by atoms with Gasteiger partial charge in [0.2, 0.25) is 0 Å². The lowest BCUT2D eigenvalue weighted by Gasteiger charge is -2.14. The van der Waals surface area contributed by atoms with Gasteiger partial charge in [-0.25, -0.2) is 13.4 Å². The van der Waals surface area contributed by atoms with E-state index in [1.807, 2.05) is 0 Å². The van der Waals surface area contributed by atoms with Gasteiger partial charge in [-0.2, -0.15) is 9.57 Å². The number of pyridine rings is 1. The molecule has 2 rings (SSSR count). The van der Waals surface area contributed by atoms with Crippen LogP contribution in [0.5, 0.6) is 0 Å². The van der Waals surface area contributed by atoms with Gasteiger partial charge in [-0.05, 0) is 34.5 Å². The van der Waals surface area contributed by atoms with Gasteiger partial charge in [-0.1, -0.05) is 6.07 Å². The van der Waals surface area contributed by atoms with E-state index in [1.165, 1.54) is 10.4 Å². The Labute approximate surface area is 108 Å². The zero-order valence-electron chi connectivity index (χ0n) is 8.88. The number of sulfonamides is 1. The monoisotopic (exact) mass is 315 g/mol. The van der Waals surface area contributed by atoms with Crippen molar-refractivity contribution in [1.82, 2.24) is 9.29 Å². The number of hydrogen-bond donors (Lipinski definition) is 0. The summed E-state index contributed by atoms with van der Waals surface area (Å²) in [5.74, 6) is -0.211. The third-order valence-corrected chi connectivity index (χ3v) is 4.84. The van der Waals surface area contributed by atoms with Crippen LogP contribution in [0.3, 0.4) is 0 Å². The molecule has 1 aromatic rings. The predicted octanol–water partition coefficient (Wildman–Crippen LogP) is 1.38. The maximum atomic E-state index is 12.2. The van der Waals surface area contributed by atoms with Gasteiger partial charge < -0.3 is 0 Å². The van der Waals surface area contributed by atoms with E-state index in [-0.39, 0.29) is 17.5 Å². The second kappa shape index (κ2) is 4.72. The second-order valence-electron chi connectivity index (χ2n) is 3.78.